The number of nitrogens with zero attached hydrogens (tertiary/aromatic N) is 1. The maximum Gasteiger partial charge on any atom is 0.172 e. The Balaban J connectivity index is 2.62. The van der Waals surface area contributed by atoms with Gasteiger partial charge in [-0.15, -0.1) is 0 Å². The van der Waals surface area contributed by atoms with Crippen LogP contribution in [-0.4, -0.2) is 10.9 Å². The van der Waals surface area contributed by atoms with Gasteiger partial charge in [-0.25, -0.2) is 0 Å². The quantitative estimate of drug-likeness (QED) is 0.538. The second kappa shape index (κ2) is 1.80. The third-order valence-corrected chi connectivity index (χ3v) is 1.47. The highest BCUT2D eigenvalue weighted by molar-refractivity contribution is 6.01. The number of Topliss-reactive ketones (excluding diaryl/α,β-unsaturated/α-hetero) is 1. The molecule has 3 heteroatoms. The Hall–Kier alpha value is -1.38. The van der Waals surface area contributed by atoms with Crippen molar-refractivity contribution in [2.45, 2.75) is 6.42 Å². The van der Waals surface area contributed by atoms with Crippen molar-refractivity contribution in [1.29, 1.82) is 0 Å². The molecule has 0 radical (unpaired) electrons. The summed E-state index contributed by atoms with van der Waals surface area (Å²) >= 11 is 0. The fourth-order valence-electron chi connectivity index (χ4n) is 0.961. The SMILES string of the molecule is O=C1CC=Cc2oncc21. The first-order valence-electron chi connectivity index (χ1n) is 3.02. The fourth-order valence-corrected chi connectivity index (χ4v) is 0.961. The lowest BCUT2D eigenvalue weighted by molar-refractivity contribution is 0.0993. The van der Waals surface area contributed by atoms with Crippen LogP contribution in [0.3, 0.4) is 0 Å². The van der Waals surface area contributed by atoms with Gasteiger partial charge < -0.3 is 4.52 Å². The van der Waals surface area contributed by atoms with Gasteiger partial charge in [0.1, 0.15) is 0 Å². The van der Waals surface area contributed by atoms with E-state index in [1.165, 1.54) is 6.20 Å². The molecule has 10 heavy (non-hydrogen) atoms. The number of carbonyl (C=O) groups is 1. The van der Waals surface area contributed by atoms with E-state index in [0.29, 0.717) is 17.7 Å². The molecule has 2 rings (SSSR count). The van der Waals surface area contributed by atoms with Crippen molar-refractivity contribution in [3.05, 3.63) is 23.6 Å². The Bertz CT molecular complexity index is 298. The molecule has 0 unspecified atom stereocenters. The van der Waals surface area contributed by atoms with Crippen LogP contribution in [0.2, 0.25) is 0 Å². The van der Waals surface area contributed by atoms with Gasteiger partial charge in [-0.3, -0.25) is 4.79 Å². The molecular weight excluding hydrogens is 130 g/mol. The van der Waals surface area contributed by atoms with E-state index in [1.807, 2.05) is 0 Å². The summed E-state index contributed by atoms with van der Waals surface area (Å²) in [6.07, 6.45) is 5.47. The maximum atomic E-state index is 11.0. The molecule has 0 spiro atoms. The maximum absolute atomic E-state index is 11.0. The van der Waals surface area contributed by atoms with E-state index in [4.69, 9.17) is 4.52 Å². The lowest BCUT2D eigenvalue weighted by Gasteiger charge is -1.97. The van der Waals surface area contributed by atoms with Gasteiger partial charge in [-0.1, -0.05) is 11.2 Å². The lowest BCUT2D eigenvalue weighted by atomic mass is 10.0. The monoisotopic (exact) mass is 135 g/mol. The summed E-state index contributed by atoms with van der Waals surface area (Å²) in [6.45, 7) is 0. The van der Waals surface area contributed by atoms with Gasteiger partial charge in [-0.05, 0) is 6.08 Å². The smallest absolute Gasteiger partial charge is 0.172 e. The third-order valence-electron chi connectivity index (χ3n) is 1.47. The van der Waals surface area contributed by atoms with Crippen LogP contribution in [0.15, 0.2) is 16.8 Å². The minimum atomic E-state index is 0.0822. The van der Waals surface area contributed by atoms with Crippen LogP contribution in [0.5, 0.6) is 0 Å². The number of rotatable bonds is 0. The second-order valence-corrected chi connectivity index (χ2v) is 2.13. The molecule has 0 saturated carbocycles. The molecule has 3 nitrogen and oxygen atoms in total. The number of hydrogen-bond donors (Lipinski definition) is 0. The van der Waals surface area contributed by atoms with Crippen molar-refractivity contribution >= 4 is 11.9 Å². The number of fused-ring (bicyclic) bond motifs is 1. The zero-order valence-corrected chi connectivity index (χ0v) is 5.20. The van der Waals surface area contributed by atoms with Crippen molar-refractivity contribution in [2.75, 3.05) is 0 Å². The minimum Gasteiger partial charge on any atom is -0.356 e. The molecule has 0 amide bonds. The first-order valence-corrected chi connectivity index (χ1v) is 3.02. The molecule has 1 aliphatic rings. The van der Waals surface area contributed by atoms with Crippen molar-refractivity contribution in [3.63, 3.8) is 0 Å². The van der Waals surface area contributed by atoms with Crippen LogP contribution in [0, 0.1) is 0 Å². The summed E-state index contributed by atoms with van der Waals surface area (Å²) in [6, 6.07) is 0. The zero-order chi connectivity index (χ0) is 6.97. The van der Waals surface area contributed by atoms with Crippen LogP contribution in [0.1, 0.15) is 22.5 Å². The highest BCUT2D eigenvalue weighted by Gasteiger charge is 2.15. The Morgan fingerprint density at radius 1 is 1.60 bits per heavy atom. The first kappa shape index (κ1) is 5.41. The molecule has 0 fully saturated rings. The predicted octanol–water partition coefficient (Wildman–Crippen LogP) is 1.27. The van der Waals surface area contributed by atoms with Gasteiger partial charge in [0.2, 0.25) is 0 Å². The molecule has 0 bridgehead atoms. The fraction of sp³-hybridized carbons (Fsp3) is 0.143. The van der Waals surface area contributed by atoms with Crippen molar-refractivity contribution in [1.82, 2.24) is 5.16 Å². The molecule has 1 aliphatic carbocycles. The van der Waals surface area contributed by atoms with E-state index in [1.54, 1.807) is 12.2 Å². The molecule has 0 aliphatic heterocycles. The number of carbonyl (C=O) groups excluding carboxylic acids is 1. The predicted molar refractivity (Wildman–Crippen MR) is 34.5 cm³/mol. The van der Waals surface area contributed by atoms with Crippen LogP contribution < -0.4 is 0 Å². The van der Waals surface area contributed by atoms with Gasteiger partial charge in [0.05, 0.1) is 11.8 Å². The summed E-state index contributed by atoms with van der Waals surface area (Å²) in [4.78, 5) is 11.0. The summed E-state index contributed by atoms with van der Waals surface area (Å²) in [7, 11) is 0. The van der Waals surface area contributed by atoms with Gasteiger partial charge in [0.25, 0.3) is 0 Å². The van der Waals surface area contributed by atoms with Crippen molar-refractivity contribution < 1.29 is 9.32 Å². The largest absolute Gasteiger partial charge is 0.356 e. The van der Waals surface area contributed by atoms with E-state index >= 15 is 0 Å². The summed E-state index contributed by atoms with van der Waals surface area (Å²) < 4.78 is 4.77. The second-order valence-electron chi connectivity index (χ2n) is 2.13. The van der Waals surface area contributed by atoms with Gasteiger partial charge >= 0.3 is 0 Å². The molecule has 1 heterocycles. The van der Waals surface area contributed by atoms with Crippen molar-refractivity contribution in [2.24, 2.45) is 0 Å². The Labute approximate surface area is 57.3 Å². The molecule has 0 saturated heterocycles. The molecule has 0 N–H and O–H groups in total. The highest BCUT2D eigenvalue weighted by Crippen LogP contribution is 2.17. The summed E-state index contributed by atoms with van der Waals surface area (Å²) in [5.41, 5.74) is 0.600. The summed E-state index contributed by atoms with van der Waals surface area (Å²) in [5, 5.41) is 3.51. The van der Waals surface area contributed by atoms with Gasteiger partial charge in [0, 0.05) is 6.42 Å². The van der Waals surface area contributed by atoms with Crippen LogP contribution >= 0.6 is 0 Å². The number of hydrogen-bond acceptors (Lipinski definition) is 3. The zero-order valence-electron chi connectivity index (χ0n) is 5.20. The van der Waals surface area contributed by atoms with E-state index in [0.717, 1.165) is 0 Å². The lowest BCUT2D eigenvalue weighted by Crippen LogP contribution is -2.00. The van der Waals surface area contributed by atoms with Crippen LogP contribution in [0.25, 0.3) is 6.08 Å². The Morgan fingerprint density at radius 2 is 2.50 bits per heavy atom. The van der Waals surface area contributed by atoms with Crippen LogP contribution in [-0.2, 0) is 0 Å². The Kier molecular flexibility index (Phi) is 0.974. The first-order chi connectivity index (χ1) is 4.88. The Morgan fingerprint density at radius 3 is 3.30 bits per heavy atom. The van der Waals surface area contributed by atoms with Crippen molar-refractivity contribution in [3.8, 4) is 0 Å². The minimum absolute atomic E-state index is 0.0822. The van der Waals surface area contributed by atoms with Gasteiger partial charge in [-0.2, -0.15) is 0 Å². The average Bonchev–Trinajstić information content (AvgIpc) is 2.36. The molecule has 0 aromatic carbocycles. The highest BCUT2D eigenvalue weighted by atomic mass is 16.5. The molecule has 1 aromatic rings. The number of aromatic nitrogens is 1. The molecule has 1 aromatic heterocycles. The topological polar surface area (TPSA) is 43.1 Å². The van der Waals surface area contributed by atoms with E-state index < -0.39 is 0 Å². The third kappa shape index (κ3) is 0.603. The standard InChI is InChI=1S/C7H5NO2/c9-6-2-1-3-7-5(6)4-8-10-7/h1,3-4H,2H2. The van der Waals surface area contributed by atoms with E-state index in [2.05, 4.69) is 5.16 Å². The van der Waals surface area contributed by atoms with E-state index in [9.17, 15) is 4.79 Å². The summed E-state index contributed by atoms with van der Waals surface area (Å²) in [5.74, 6) is 0.662. The molecule has 0 atom stereocenters. The number of allylic oxidation sites excluding steroid dienone is 1. The normalized spacial score (nSPS) is 15.4. The van der Waals surface area contributed by atoms with E-state index in [-0.39, 0.29) is 5.78 Å². The number of ketones is 1. The molecule has 50 valence electrons. The van der Waals surface area contributed by atoms with Crippen LogP contribution in [0.4, 0.5) is 0 Å². The average molecular weight is 135 g/mol. The van der Waals surface area contributed by atoms with Gasteiger partial charge in [0.15, 0.2) is 11.5 Å². The molecular formula is C7H5NO2.